The average Bonchev–Trinajstić information content (AvgIpc) is 3.33. The summed E-state index contributed by atoms with van der Waals surface area (Å²) in [6.45, 7) is 4.49. The van der Waals surface area contributed by atoms with Crippen LogP contribution in [0.15, 0.2) is 24.5 Å². The minimum Gasteiger partial charge on any atom is -0.475 e. The molecule has 3 fully saturated rings. The Morgan fingerprint density at radius 1 is 0.975 bits per heavy atom. The molecule has 4 heterocycles. The monoisotopic (exact) mass is 587 g/mol. The van der Waals surface area contributed by atoms with Crippen LogP contribution >= 0.6 is 0 Å². The number of pyridine rings is 1. The first-order valence-corrected chi connectivity index (χ1v) is 12.4. The van der Waals surface area contributed by atoms with Gasteiger partial charge in [-0.1, -0.05) is 0 Å². The van der Waals surface area contributed by atoms with Crippen LogP contribution in [0.1, 0.15) is 31.2 Å². The Morgan fingerprint density at radius 3 is 2.05 bits per heavy atom. The molecule has 1 amide bonds. The summed E-state index contributed by atoms with van der Waals surface area (Å²) >= 11 is 0. The van der Waals surface area contributed by atoms with E-state index in [0.717, 1.165) is 58.4 Å². The van der Waals surface area contributed by atoms with Crippen molar-refractivity contribution < 1.29 is 60.4 Å². The molecule has 1 aromatic heterocycles. The van der Waals surface area contributed by atoms with Gasteiger partial charge in [-0.25, -0.2) is 9.59 Å². The lowest BCUT2D eigenvalue weighted by molar-refractivity contribution is -0.193. The molecule has 3 N–H and O–H groups in total. The SMILES string of the molecule is O=C(NCCc1ccncc1)[C@@H]1C[C@@H]2CCN(C3CCOCC3)C[C@@H]2O1.O=C(O)C(F)(F)F.O=C(O)C(F)(F)F. The van der Waals surface area contributed by atoms with Crippen molar-refractivity contribution in [3.8, 4) is 0 Å². The summed E-state index contributed by atoms with van der Waals surface area (Å²) in [4.78, 5) is 36.9. The van der Waals surface area contributed by atoms with Crippen LogP contribution in [0.4, 0.5) is 26.3 Å². The van der Waals surface area contributed by atoms with E-state index in [0.29, 0.717) is 18.5 Å². The van der Waals surface area contributed by atoms with Gasteiger partial charge in [0.05, 0.1) is 6.10 Å². The van der Waals surface area contributed by atoms with E-state index in [1.165, 1.54) is 5.56 Å². The minimum absolute atomic E-state index is 0.0473. The highest BCUT2D eigenvalue weighted by molar-refractivity contribution is 5.81. The number of carbonyl (C=O) groups excluding carboxylic acids is 1. The zero-order chi connectivity index (χ0) is 29.9. The predicted molar refractivity (Wildman–Crippen MR) is 125 cm³/mol. The molecule has 226 valence electrons. The van der Waals surface area contributed by atoms with Crippen LogP contribution in [0.5, 0.6) is 0 Å². The summed E-state index contributed by atoms with van der Waals surface area (Å²) in [6.07, 6.45) is -1.59. The van der Waals surface area contributed by atoms with Gasteiger partial charge in [-0.05, 0) is 62.3 Å². The third-order valence-corrected chi connectivity index (χ3v) is 6.53. The molecule has 3 aliphatic heterocycles. The molecular formula is C24H31F6N3O7. The largest absolute Gasteiger partial charge is 0.490 e. The Morgan fingerprint density at radius 2 is 1.52 bits per heavy atom. The lowest BCUT2D eigenvalue weighted by Crippen LogP contribution is -2.49. The molecule has 0 spiro atoms. The zero-order valence-electron chi connectivity index (χ0n) is 21.3. The predicted octanol–water partition coefficient (Wildman–Crippen LogP) is 2.67. The number of hydrogen-bond donors (Lipinski definition) is 3. The van der Waals surface area contributed by atoms with Crippen LogP contribution in [0, 0.1) is 5.92 Å². The number of carbonyl (C=O) groups is 3. The van der Waals surface area contributed by atoms with Gasteiger partial charge < -0.3 is 25.0 Å². The number of aliphatic carboxylic acids is 2. The Bertz CT molecular complexity index is 935. The summed E-state index contributed by atoms with van der Waals surface area (Å²) in [7, 11) is 0. The van der Waals surface area contributed by atoms with Crippen molar-refractivity contribution in [2.24, 2.45) is 5.92 Å². The number of hydrogen-bond acceptors (Lipinski definition) is 7. The first-order valence-electron chi connectivity index (χ1n) is 12.4. The molecule has 1 aromatic rings. The standard InChI is InChI=1S/C20H29N3O3.2C2HF3O2/c24-20(22-9-3-15-1-7-21-8-2-15)18-13-16-4-10-23(14-19(16)26-18)17-5-11-25-12-6-17;2*3-2(4,5)1(6)7/h1-2,7-8,16-19H,3-6,9-14H2,(H,22,24);2*(H,6,7)/t16-,18-,19-;;/m0../s1. The maximum Gasteiger partial charge on any atom is 0.490 e. The second-order valence-electron chi connectivity index (χ2n) is 9.29. The molecule has 3 atom stereocenters. The van der Waals surface area contributed by atoms with Crippen LogP contribution < -0.4 is 5.32 Å². The molecule has 0 aliphatic carbocycles. The molecule has 0 radical (unpaired) electrons. The number of nitrogens with zero attached hydrogens (tertiary/aromatic N) is 2. The van der Waals surface area contributed by atoms with E-state index in [2.05, 4.69) is 15.2 Å². The van der Waals surface area contributed by atoms with Crippen molar-refractivity contribution in [1.82, 2.24) is 15.2 Å². The van der Waals surface area contributed by atoms with Crippen LogP contribution in [0.25, 0.3) is 0 Å². The fourth-order valence-electron chi connectivity index (χ4n) is 4.50. The van der Waals surface area contributed by atoms with Gasteiger partial charge in [0, 0.05) is 44.7 Å². The van der Waals surface area contributed by atoms with Gasteiger partial charge in [0.1, 0.15) is 6.10 Å². The topological polar surface area (TPSA) is 138 Å². The third kappa shape index (κ3) is 11.3. The average molecular weight is 588 g/mol. The molecule has 0 bridgehead atoms. The first kappa shape index (κ1) is 33.2. The van der Waals surface area contributed by atoms with Crippen LogP contribution in [-0.4, -0.2) is 101 Å². The number of halogens is 6. The summed E-state index contributed by atoms with van der Waals surface area (Å²) in [6, 6.07) is 4.59. The summed E-state index contributed by atoms with van der Waals surface area (Å²) < 4.78 is 75.1. The molecule has 10 nitrogen and oxygen atoms in total. The fraction of sp³-hybridized carbons (Fsp3) is 0.667. The van der Waals surface area contributed by atoms with Crippen molar-refractivity contribution >= 4 is 17.8 Å². The van der Waals surface area contributed by atoms with Crippen molar-refractivity contribution in [1.29, 1.82) is 0 Å². The summed E-state index contributed by atoms with van der Waals surface area (Å²) in [5, 5.41) is 17.3. The van der Waals surface area contributed by atoms with Crippen molar-refractivity contribution in [3.05, 3.63) is 30.1 Å². The lowest BCUT2D eigenvalue weighted by atomic mass is 9.90. The molecule has 0 saturated carbocycles. The number of likely N-dealkylation sites (tertiary alicyclic amines) is 1. The molecule has 3 saturated heterocycles. The Hall–Kier alpha value is -2.98. The van der Waals surface area contributed by atoms with Gasteiger partial charge in [-0.15, -0.1) is 0 Å². The quantitative estimate of drug-likeness (QED) is 0.444. The number of nitrogens with one attached hydrogen (secondary N) is 1. The van der Waals surface area contributed by atoms with Gasteiger partial charge >= 0.3 is 24.3 Å². The van der Waals surface area contributed by atoms with E-state index in [9.17, 15) is 31.1 Å². The highest BCUT2D eigenvalue weighted by Gasteiger charge is 2.43. The number of ether oxygens (including phenoxy) is 2. The van der Waals surface area contributed by atoms with Crippen LogP contribution in [-0.2, 0) is 30.3 Å². The summed E-state index contributed by atoms with van der Waals surface area (Å²) in [5.74, 6) is -4.94. The van der Waals surface area contributed by atoms with Gasteiger partial charge in [0.15, 0.2) is 0 Å². The number of carboxylic acid groups (broad SMARTS) is 2. The van der Waals surface area contributed by atoms with Crippen molar-refractivity contribution in [2.75, 3.05) is 32.8 Å². The number of piperidine rings is 1. The third-order valence-electron chi connectivity index (χ3n) is 6.53. The van der Waals surface area contributed by atoms with E-state index < -0.39 is 24.3 Å². The molecule has 16 heteroatoms. The lowest BCUT2D eigenvalue weighted by Gasteiger charge is -2.40. The molecule has 0 aromatic carbocycles. The molecule has 3 aliphatic rings. The molecule has 40 heavy (non-hydrogen) atoms. The fourth-order valence-corrected chi connectivity index (χ4v) is 4.50. The Balaban J connectivity index is 0.000000333. The number of fused-ring (bicyclic) bond motifs is 1. The molecule has 0 unspecified atom stereocenters. The van der Waals surface area contributed by atoms with Gasteiger partial charge in [-0.2, -0.15) is 26.3 Å². The number of alkyl halides is 6. The van der Waals surface area contributed by atoms with Crippen LogP contribution in [0.3, 0.4) is 0 Å². The van der Waals surface area contributed by atoms with E-state index >= 15 is 0 Å². The second-order valence-corrected chi connectivity index (χ2v) is 9.29. The maximum absolute atomic E-state index is 12.5. The smallest absolute Gasteiger partial charge is 0.475 e. The number of carboxylic acids is 2. The van der Waals surface area contributed by atoms with Crippen LogP contribution in [0.2, 0.25) is 0 Å². The Labute approximate surface area is 225 Å². The van der Waals surface area contributed by atoms with Gasteiger partial charge in [-0.3, -0.25) is 14.7 Å². The number of aromatic nitrogens is 1. The normalized spacial score (nSPS) is 23.5. The van der Waals surface area contributed by atoms with E-state index in [-0.39, 0.29) is 18.1 Å². The second kappa shape index (κ2) is 15.1. The van der Waals surface area contributed by atoms with E-state index in [1.807, 2.05) is 12.1 Å². The summed E-state index contributed by atoms with van der Waals surface area (Å²) in [5.41, 5.74) is 1.19. The number of rotatable bonds is 5. The molecule has 4 rings (SSSR count). The highest BCUT2D eigenvalue weighted by atomic mass is 19.4. The number of amides is 1. The van der Waals surface area contributed by atoms with Gasteiger partial charge in [0.2, 0.25) is 5.91 Å². The highest BCUT2D eigenvalue weighted by Crippen LogP contribution is 2.35. The Kier molecular flexibility index (Phi) is 12.6. The zero-order valence-corrected chi connectivity index (χ0v) is 21.3. The van der Waals surface area contributed by atoms with Gasteiger partial charge in [0.25, 0.3) is 0 Å². The maximum atomic E-state index is 12.5. The van der Waals surface area contributed by atoms with E-state index in [1.54, 1.807) is 12.4 Å². The van der Waals surface area contributed by atoms with E-state index in [4.69, 9.17) is 29.3 Å². The van der Waals surface area contributed by atoms with Crippen molar-refractivity contribution in [3.63, 3.8) is 0 Å². The van der Waals surface area contributed by atoms with Crippen molar-refractivity contribution in [2.45, 2.75) is 62.7 Å². The molecular weight excluding hydrogens is 556 g/mol. The first-order chi connectivity index (χ1) is 18.7. The minimum atomic E-state index is -5.08.